The van der Waals surface area contributed by atoms with Crippen molar-refractivity contribution in [2.45, 2.75) is 31.7 Å². The van der Waals surface area contributed by atoms with Gasteiger partial charge < -0.3 is 14.4 Å². The van der Waals surface area contributed by atoms with Crippen LogP contribution in [0.2, 0.25) is 0 Å². The molecule has 3 aromatic carbocycles. The highest BCUT2D eigenvalue weighted by molar-refractivity contribution is 7.91. The van der Waals surface area contributed by atoms with E-state index < -0.39 is 11.2 Å². The van der Waals surface area contributed by atoms with Gasteiger partial charge in [0.05, 0.1) is 0 Å². The summed E-state index contributed by atoms with van der Waals surface area (Å²) in [6, 6.07) is 24.0. The lowest BCUT2D eigenvalue weighted by molar-refractivity contribution is 0.0951. The first kappa shape index (κ1) is 22.2. The van der Waals surface area contributed by atoms with Crippen molar-refractivity contribution in [3.8, 4) is 0 Å². The SMILES string of the molecule is CC[S+]([O-])c1ccc(CNC(=O)c2ccc3c(c2)cc(Cc2ccccc2C)n3C)cc1. The highest BCUT2D eigenvalue weighted by Crippen LogP contribution is 2.23. The number of benzene rings is 3. The van der Waals surface area contributed by atoms with Gasteiger partial charge in [-0.1, -0.05) is 36.4 Å². The Labute approximate surface area is 192 Å². The van der Waals surface area contributed by atoms with Crippen LogP contribution in [0, 0.1) is 6.92 Å². The molecule has 0 aliphatic carbocycles. The molecule has 0 saturated heterocycles. The van der Waals surface area contributed by atoms with Gasteiger partial charge in [-0.05, 0) is 78.1 Å². The zero-order chi connectivity index (χ0) is 22.7. The van der Waals surface area contributed by atoms with Crippen molar-refractivity contribution in [1.29, 1.82) is 0 Å². The van der Waals surface area contributed by atoms with Crippen molar-refractivity contribution in [3.05, 3.63) is 101 Å². The molecule has 0 bridgehead atoms. The molecule has 5 heteroatoms. The second-order valence-corrected chi connectivity index (χ2v) is 9.77. The molecule has 0 aliphatic heterocycles. The van der Waals surface area contributed by atoms with Gasteiger partial charge in [-0.25, -0.2) is 0 Å². The van der Waals surface area contributed by atoms with Gasteiger partial charge in [-0.2, -0.15) is 0 Å². The van der Waals surface area contributed by atoms with E-state index in [-0.39, 0.29) is 5.91 Å². The van der Waals surface area contributed by atoms with Gasteiger partial charge in [0, 0.05) is 42.2 Å². The summed E-state index contributed by atoms with van der Waals surface area (Å²) in [5.41, 5.74) is 6.56. The molecular formula is C27H28N2O2S. The first-order chi connectivity index (χ1) is 15.5. The number of aryl methyl sites for hydroxylation is 2. The summed E-state index contributed by atoms with van der Waals surface area (Å²) in [5.74, 6) is 0.502. The minimum absolute atomic E-state index is 0.0996. The maximum atomic E-state index is 12.7. The Balaban J connectivity index is 1.47. The van der Waals surface area contributed by atoms with Crippen LogP contribution in [0.3, 0.4) is 0 Å². The molecule has 1 heterocycles. The standard InChI is InChI=1S/C27H28N2O2S/c1-4-32(31)25-12-9-20(10-13-25)18-28-27(30)22-11-14-26-23(15-22)17-24(29(26)3)16-21-8-6-5-7-19(21)2/h5-15,17H,4,16,18H2,1-3H3,(H,28,30). The third-order valence-corrected chi connectivity index (χ3v) is 7.26. The number of rotatable bonds is 7. The van der Waals surface area contributed by atoms with Crippen LogP contribution >= 0.6 is 0 Å². The Hall–Kier alpha value is -3.02. The van der Waals surface area contributed by atoms with Crippen LogP contribution in [-0.4, -0.2) is 20.8 Å². The van der Waals surface area contributed by atoms with Gasteiger partial charge in [0.15, 0.2) is 4.90 Å². The van der Waals surface area contributed by atoms with E-state index in [0.29, 0.717) is 17.9 Å². The molecule has 1 amide bonds. The molecule has 32 heavy (non-hydrogen) atoms. The van der Waals surface area contributed by atoms with Gasteiger partial charge in [-0.3, -0.25) is 4.79 Å². The molecule has 0 fully saturated rings. The molecular weight excluding hydrogens is 416 g/mol. The number of aromatic nitrogens is 1. The molecule has 4 nitrogen and oxygen atoms in total. The van der Waals surface area contributed by atoms with Crippen LogP contribution in [-0.2, 0) is 31.2 Å². The van der Waals surface area contributed by atoms with E-state index in [1.54, 1.807) is 0 Å². The average Bonchev–Trinajstić information content (AvgIpc) is 3.13. The first-order valence-corrected chi connectivity index (χ1v) is 12.2. The van der Waals surface area contributed by atoms with Crippen LogP contribution in [0.5, 0.6) is 0 Å². The van der Waals surface area contributed by atoms with E-state index in [1.807, 2.05) is 49.4 Å². The van der Waals surface area contributed by atoms with Gasteiger partial charge in [0.25, 0.3) is 5.91 Å². The van der Waals surface area contributed by atoms with E-state index in [0.717, 1.165) is 27.8 Å². The minimum atomic E-state index is -0.959. The number of hydrogen-bond donors (Lipinski definition) is 1. The number of hydrogen-bond acceptors (Lipinski definition) is 2. The Bertz CT molecular complexity index is 1240. The molecule has 0 spiro atoms. The minimum Gasteiger partial charge on any atom is -0.611 e. The summed E-state index contributed by atoms with van der Waals surface area (Å²) in [6.45, 7) is 4.47. The van der Waals surface area contributed by atoms with Gasteiger partial charge in [-0.15, -0.1) is 0 Å². The van der Waals surface area contributed by atoms with Crippen LogP contribution in [0.25, 0.3) is 10.9 Å². The Morgan fingerprint density at radius 3 is 2.50 bits per heavy atom. The third kappa shape index (κ3) is 4.74. The third-order valence-electron chi connectivity index (χ3n) is 5.94. The number of fused-ring (bicyclic) bond motifs is 1. The van der Waals surface area contributed by atoms with Crippen molar-refractivity contribution in [1.82, 2.24) is 9.88 Å². The monoisotopic (exact) mass is 444 g/mol. The van der Waals surface area contributed by atoms with Crippen molar-refractivity contribution >= 4 is 28.0 Å². The van der Waals surface area contributed by atoms with Gasteiger partial charge >= 0.3 is 0 Å². The molecule has 0 aliphatic rings. The smallest absolute Gasteiger partial charge is 0.251 e. The van der Waals surface area contributed by atoms with Gasteiger partial charge in [0.1, 0.15) is 5.75 Å². The molecule has 0 saturated carbocycles. The van der Waals surface area contributed by atoms with Crippen LogP contribution in [0.1, 0.15) is 39.7 Å². The summed E-state index contributed by atoms with van der Waals surface area (Å²) in [4.78, 5) is 13.6. The predicted octanol–water partition coefficient (Wildman–Crippen LogP) is 5.14. The number of nitrogens with zero attached hydrogens (tertiary/aromatic N) is 1. The van der Waals surface area contributed by atoms with Gasteiger partial charge in [0.2, 0.25) is 0 Å². The molecule has 1 atom stereocenters. The molecule has 1 aromatic heterocycles. The van der Waals surface area contributed by atoms with Crippen molar-refractivity contribution < 1.29 is 9.35 Å². The lowest BCUT2D eigenvalue weighted by Gasteiger charge is -2.09. The molecule has 0 radical (unpaired) electrons. The normalized spacial score (nSPS) is 12.1. The van der Waals surface area contributed by atoms with E-state index >= 15 is 0 Å². The molecule has 4 aromatic rings. The lowest BCUT2D eigenvalue weighted by Crippen LogP contribution is -2.22. The lowest BCUT2D eigenvalue weighted by atomic mass is 10.0. The number of carbonyl (C=O) groups excluding carboxylic acids is 1. The topological polar surface area (TPSA) is 57.1 Å². The summed E-state index contributed by atoms with van der Waals surface area (Å²) in [6.07, 6.45) is 0.859. The zero-order valence-electron chi connectivity index (χ0n) is 18.7. The number of nitrogens with one attached hydrogen (secondary N) is 1. The largest absolute Gasteiger partial charge is 0.611 e. The highest BCUT2D eigenvalue weighted by atomic mass is 32.2. The maximum Gasteiger partial charge on any atom is 0.251 e. The first-order valence-electron chi connectivity index (χ1n) is 10.8. The van der Waals surface area contributed by atoms with Crippen molar-refractivity contribution in [2.75, 3.05) is 5.75 Å². The second-order valence-electron chi connectivity index (χ2n) is 8.03. The number of carbonyl (C=O) groups is 1. The molecule has 1 N–H and O–H groups in total. The fourth-order valence-electron chi connectivity index (χ4n) is 3.93. The van der Waals surface area contributed by atoms with Crippen LogP contribution in [0.4, 0.5) is 0 Å². The molecule has 4 rings (SSSR count). The number of amides is 1. The average molecular weight is 445 g/mol. The van der Waals surface area contributed by atoms with Crippen molar-refractivity contribution in [2.24, 2.45) is 7.05 Å². The second kappa shape index (κ2) is 9.63. The van der Waals surface area contributed by atoms with E-state index in [2.05, 4.69) is 54.2 Å². The predicted molar refractivity (Wildman–Crippen MR) is 131 cm³/mol. The fourth-order valence-corrected chi connectivity index (χ4v) is 4.70. The van der Waals surface area contributed by atoms with E-state index in [1.165, 1.54) is 16.8 Å². The Morgan fingerprint density at radius 1 is 1.03 bits per heavy atom. The van der Waals surface area contributed by atoms with Crippen LogP contribution < -0.4 is 5.32 Å². The Morgan fingerprint density at radius 2 is 1.78 bits per heavy atom. The zero-order valence-corrected chi connectivity index (χ0v) is 19.5. The summed E-state index contributed by atoms with van der Waals surface area (Å²) >= 11 is -0.959. The van der Waals surface area contributed by atoms with Crippen LogP contribution in [0.15, 0.2) is 77.7 Å². The summed E-state index contributed by atoms with van der Waals surface area (Å²) in [5, 5.41) is 4.05. The highest BCUT2D eigenvalue weighted by Gasteiger charge is 2.12. The van der Waals surface area contributed by atoms with E-state index in [9.17, 15) is 9.35 Å². The summed E-state index contributed by atoms with van der Waals surface area (Å²) in [7, 11) is 2.07. The molecule has 1 unspecified atom stereocenters. The summed E-state index contributed by atoms with van der Waals surface area (Å²) < 4.78 is 14.1. The maximum absolute atomic E-state index is 12.7. The quantitative estimate of drug-likeness (QED) is 0.402. The Kier molecular flexibility index (Phi) is 6.68. The fraction of sp³-hybridized carbons (Fsp3) is 0.222. The molecule has 164 valence electrons. The van der Waals surface area contributed by atoms with E-state index in [4.69, 9.17) is 0 Å². The van der Waals surface area contributed by atoms with Crippen molar-refractivity contribution in [3.63, 3.8) is 0 Å².